The molecule has 0 aliphatic heterocycles. The van der Waals surface area contributed by atoms with E-state index in [9.17, 15) is 13.2 Å². The molecule has 0 aromatic carbocycles. The van der Waals surface area contributed by atoms with E-state index in [-0.39, 0.29) is 5.69 Å². The zero-order chi connectivity index (χ0) is 10.6. The van der Waals surface area contributed by atoms with Crippen LogP contribution in [0.3, 0.4) is 0 Å². The van der Waals surface area contributed by atoms with Crippen molar-refractivity contribution in [3.63, 3.8) is 0 Å². The fourth-order valence-electron chi connectivity index (χ4n) is 0.777. The molecule has 0 atom stereocenters. The van der Waals surface area contributed by atoms with Gasteiger partial charge >= 0.3 is 6.18 Å². The van der Waals surface area contributed by atoms with Crippen LogP contribution in [0, 0.1) is 6.92 Å². The zero-order valence-electron chi connectivity index (χ0n) is 8.11. The summed E-state index contributed by atoms with van der Waals surface area (Å²) >= 11 is 0. The van der Waals surface area contributed by atoms with Gasteiger partial charge in [-0.2, -0.15) is 18.3 Å². The Morgan fingerprint density at radius 2 is 1.77 bits per heavy atom. The lowest BCUT2D eigenvalue weighted by atomic mass is 10.2. The molecule has 0 saturated carbocycles. The van der Waals surface area contributed by atoms with E-state index in [1.807, 2.05) is 13.8 Å². The van der Waals surface area contributed by atoms with Crippen LogP contribution in [0.4, 0.5) is 13.2 Å². The van der Waals surface area contributed by atoms with Gasteiger partial charge in [0.15, 0.2) is 0 Å². The molecule has 5 heteroatoms. The molecule has 0 amide bonds. The predicted molar refractivity (Wildman–Crippen MR) is 44.3 cm³/mol. The molecule has 0 fully saturated rings. The van der Waals surface area contributed by atoms with Crippen molar-refractivity contribution in [1.29, 1.82) is 0 Å². The van der Waals surface area contributed by atoms with Gasteiger partial charge in [-0.15, -0.1) is 0 Å². The van der Waals surface area contributed by atoms with E-state index >= 15 is 0 Å². The van der Waals surface area contributed by atoms with Crippen molar-refractivity contribution >= 4 is 0 Å². The summed E-state index contributed by atoms with van der Waals surface area (Å²) in [6.45, 7) is 5.38. The summed E-state index contributed by atoms with van der Waals surface area (Å²) in [6.07, 6.45) is -3.45. The van der Waals surface area contributed by atoms with Gasteiger partial charge in [-0.3, -0.25) is 4.68 Å². The molecule has 0 aliphatic carbocycles. The van der Waals surface area contributed by atoms with E-state index in [2.05, 4.69) is 5.10 Å². The topological polar surface area (TPSA) is 17.8 Å². The summed E-state index contributed by atoms with van der Waals surface area (Å²) in [7, 11) is 1.48. The fraction of sp³-hybridized carbons (Fsp3) is 0.625. The molecule has 0 N–H and O–H groups in total. The van der Waals surface area contributed by atoms with Crippen LogP contribution in [-0.2, 0) is 13.2 Å². The molecule has 0 radical (unpaired) electrons. The lowest BCUT2D eigenvalue weighted by molar-refractivity contribution is -0.138. The van der Waals surface area contributed by atoms with E-state index in [1.165, 1.54) is 18.7 Å². The third kappa shape index (κ3) is 2.75. The molecule has 0 bridgehead atoms. The average Bonchev–Trinajstić information content (AvgIpc) is 2.36. The van der Waals surface area contributed by atoms with Gasteiger partial charge in [0, 0.05) is 12.7 Å². The van der Waals surface area contributed by atoms with E-state index in [1.54, 1.807) is 0 Å². The summed E-state index contributed by atoms with van der Waals surface area (Å²) in [5.74, 6) is 0. The first-order valence-electron chi connectivity index (χ1n) is 3.98. The van der Waals surface area contributed by atoms with Crippen LogP contribution in [0.25, 0.3) is 0 Å². The highest BCUT2D eigenvalue weighted by atomic mass is 19.4. The Labute approximate surface area is 75.4 Å². The third-order valence-electron chi connectivity index (χ3n) is 1.54. The SMILES string of the molecule is CC.Cc1c(C(F)(F)F)cnn1C. The van der Waals surface area contributed by atoms with Crippen LogP contribution in [0.1, 0.15) is 25.1 Å². The van der Waals surface area contributed by atoms with Gasteiger partial charge in [-0.25, -0.2) is 0 Å². The van der Waals surface area contributed by atoms with Crippen LogP contribution >= 0.6 is 0 Å². The first-order chi connectivity index (χ1) is 5.93. The number of halogens is 3. The molecule has 1 heterocycles. The third-order valence-corrected chi connectivity index (χ3v) is 1.54. The summed E-state index contributed by atoms with van der Waals surface area (Å²) in [4.78, 5) is 0. The molecule has 0 aliphatic rings. The molecule has 0 unspecified atom stereocenters. The van der Waals surface area contributed by atoms with Crippen LogP contribution in [0.15, 0.2) is 6.20 Å². The van der Waals surface area contributed by atoms with Crippen molar-refractivity contribution in [1.82, 2.24) is 9.78 Å². The van der Waals surface area contributed by atoms with Crippen molar-refractivity contribution in [2.24, 2.45) is 7.05 Å². The Morgan fingerprint density at radius 1 is 1.31 bits per heavy atom. The number of aromatic nitrogens is 2. The number of hydrogen-bond acceptors (Lipinski definition) is 1. The standard InChI is InChI=1S/C6H7F3N2.C2H6/c1-4-5(6(7,8)9)3-10-11(4)2;1-2/h3H,1-2H3;1-2H3. The van der Waals surface area contributed by atoms with Gasteiger partial charge in [0.25, 0.3) is 0 Å². The minimum absolute atomic E-state index is 0.137. The highest BCUT2D eigenvalue weighted by molar-refractivity contribution is 5.19. The maximum atomic E-state index is 12.0. The Kier molecular flexibility index (Phi) is 3.97. The van der Waals surface area contributed by atoms with Gasteiger partial charge < -0.3 is 0 Å². The molecule has 1 rings (SSSR count). The second-order valence-corrected chi connectivity index (χ2v) is 2.27. The molecular formula is C8H13F3N2. The largest absolute Gasteiger partial charge is 0.419 e. The highest BCUT2D eigenvalue weighted by Gasteiger charge is 2.34. The Bertz CT molecular complexity index is 263. The van der Waals surface area contributed by atoms with Gasteiger partial charge in [0.2, 0.25) is 0 Å². The summed E-state index contributed by atoms with van der Waals surface area (Å²) < 4.78 is 37.2. The molecule has 0 saturated heterocycles. The van der Waals surface area contributed by atoms with Gasteiger partial charge in [-0.1, -0.05) is 13.8 Å². The van der Waals surface area contributed by atoms with Crippen molar-refractivity contribution in [3.05, 3.63) is 17.5 Å². The maximum Gasteiger partial charge on any atom is 0.419 e. The number of rotatable bonds is 0. The van der Waals surface area contributed by atoms with Crippen LogP contribution in [0.2, 0.25) is 0 Å². The number of hydrogen-bond donors (Lipinski definition) is 0. The molecule has 1 aromatic rings. The predicted octanol–water partition coefficient (Wildman–Crippen LogP) is 2.77. The van der Waals surface area contributed by atoms with E-state index in [4.69, 9.17) is 0 Å². The number of aryl methyl sites for hydroxylation is 1. The number of nitrogens with zero attached hydrogens (tertiary/aromatic N) is 2. The quantitative estimate of drug-likeness (QED) is 0.621. The second kappa shape index (κ2) is 4.30. The van der Waals surface area contributed by atoms with Crippen LogP contribution in [-0.4, -0.2) is 9.78 Å². The maximum absolute atomic E-state index is 12.0. The Balaban J connectivity index is 0.000000671. The van der Waals surface area contributed by atoms with Crippen molar-refractivity contribution in [3.8, 4) is 0 Å². The van der Waals surface area contributed by atoms with Gasteiger partial charge in [-0.05, 0) is 6.92 Å². The Hall–Kier alpha value is -1.00. The summed E-state index contributed by atoms with van der Waals surface area (Å²) in [5.41, 5.74) is -0.530. The van der Waals surface area contributed by atoms with Crippen molar-refractivity contribution in [2.45, 2.75) is 26.9 Å². The molecule has 1 aromatic heterocycles. The lowest BCUT2D eigenvalue weighted by Gasteiger charge is -2.03. The monoisotopic (exact) mass is 194 g/mol. The van der Waals surface area contributed by atoms with Gasteiger partial charge in [0.05, 0.1) is 11.8 Å². The highest BCUT2D eigenvalue weighted by Crippen LogP contribution is 2.30. The minimum atomic E-state index is -4.28. The number of alkyl halides is 3. The Morgan fingerprint density at radius 3 is 1.92 bits per heavy atom. The molecule has 0 spiro atoms. The van der Waals surface area contributed by atoms with Crippen molar-refractivity contribution in [2.75, 3.05) is 0 Å². The lowest BCUT2D eigenvalue weighted by Crippen LogP contribution is -2.06. The van der Waals surface area contributed by atoms with E-state index in [0.29, 0.717) is 0 Å². The van der Waals surface area contributed by atoms with Gasteiger partial charge in [0.1, 0.15) is 0 Å². The van der Waals surface area contributed by atoms with E-state index in [0.717, 1.165) is 6.20 Å². The fourth-order valence-corrected chi connectivity index (χ4v) is 0.777. The molecule has 13 heavy (non-hydrogen) atoms. The summed E-state index contributed by atoms with van der Waals surface area (Å²) in [6, 6.07) is 0. The minimum Gasteiger partial charge on any atom is -0.272 e. The van der Waals surface area contributed by atoms with E-state index < -0.39 is 11.7 Å². The summed E-state index contributed by atoms with van der Waals surface area (Å²) in [5, 5.41) is 3.48. The van der Waals surface area contributed by atoms with Crippen molar-refractivity contribution < 1.29 is 13.2 Å². The molecular weight excluding hydrogens is 181 g/mol. The average molecular weight is 194 g/mol. The molecule has 76 valence electrons. The second-order valence-electron chi connectivity index (χ2n) is 2.27. The zero-order valence-corrected chi connectivity index (χ0v) is 8.11. The first kappa shape index (κ1) is 12.0. The van der Waals surface area contributed by atoms with Crippen LogP contribution < -0.4 is 0 Å². The first-order valence-corrected chi connectivity index (χ1v) is 3.98. The molecule has 2 nitrogen and oxygen atoms in total. The van der Waals surface area contributed by atoms with Crippen LogP contribution in [0.5, 0.6) is 0 Å². The smallest absolute Gasteiger partial charge is 0.272 e. The normalized spacial score (nSPS) is 10.7.